The first-order valence-corrected chi connectivity index (χ1v) is 8.44. The van der Waals surface area contributed by atoms with Gasteiger partial charge in [-0.1, -0.05) is 12.8 Å². The minimum Gasteiger partial charge on any atom is -0.383 e. The summed E-state index contributed by atoms with van der Waals surface area (Å²) >= 11 is 0. The molecule has 1 heterocycles. The normalized spacial score (nSPS) is 20.4. The van der Waals surface area contributed by atoms with E-state index in [0.717, 1.165) is 32.5 Å². The standard InChI is InChI=1S/C17H33N3O/c1-17(2,15-18)9-5-7-12-20-11-6-4-8-16(20)14-19-10-13-21-3/h16,19H,4-14H2,1-3H3. The molecule has 0 saturated carbocycles. The summed E-state index contributed by atoms with van der Waals surface area (Å²) < 4.78 is 5.08. The molecule has 21 heavy (non-hydrogen) atoms. The second-order valence-electron chi connectivity index (χ2n) is 6.84. The molecule has 1 saturated heterocycles. The maximum absolute atomic E-state index is 9.05. The summed E-state index contributed by atoms with van der Waals surface area (Å²) in [5.41, 5.74) is -0.164. The van der Waals surface area contributed by atoms with E-state index in [1.807, 2.05) is 13.8 Å². The van der Waals surface area contributed by atoms with Crippen LogP contribution in [0.1, 0.15) is 52.4 Å². The van der Waals surface area contributed by atoms with Crippen LogP contribution in [0.15, 0.2) is 0 Å². The lowest BCUT2D eigenvalue weighted by atomic mass is 9.89. The Morgan fingerprint density at radius 1 is 1.33 bits per heavy atom. The fraction of sp³-hybridized carbons (Fsp3) is 0.941. The van der Waals surface area contributed by atoms with Crippen molar-refractivity contribution in [2.45, 2.75) is 58.4 Å². The molecule has 4 heteroatoms. The van der Waals surface area contributed by atoms with E-state index in [1.165, 1.54) is 38.8 Å². The van der Waals surface area contributed by atoms with Gasteiger partial charge in [-0.15, -0.1) is 0 Å². The molecular formula is C17H33N3O. The van der Waals surface area contributed by atoms with Gasteiger partial charge in [-0.25, -0.2) is 0 Å². The molecule has 0 radical (unpaired) electrons. The first-order chi connectivity index (χ1) is 10.1. The maximum Gasteiger partial charge on any atom is 0.0683 e. The zero-order valence-corrected chi connectivity index (χ0v) is 14.2. The number of nitriles is 1. The van der Waals surface area contributed by atoms with Gasteiger partial charge in [-0.2, -0.15) is 5.26 Å². The number of nitrogens with one attached hydrogen (secondary N) is 1. The van der Waals surface area contributed by atoms with Crippen LogP contribution in [0.2, 0.25) is 0 Å². The molecule has 0 bridgehead atoms. The lowest BCUT2D eigenvalue weighted by Gasteiger charge is -2.36. The number of nitrogens with zero attached hydrogens (tertiary/aromatic N) is 2. The molecule has 4 nitrogen and oxygen atoms in total. The van der Waals surface area contributed by atoms with Gasteiger partial charge in [0.15, 0.2) is 0 Å². The van der Waals surface area contributed by atoms with E-state index in [9.17, 15) is 0 Å². The molecule has 1 N–H and O–H groups in total. The second-order valence-corrected chi connectivity index (χ2v) is 6.84. The van der Waals surface area contributed by atoms with Gasteiger partial charge >= 0.3 is 0 Å². The van der Waals surface area contributed by atoms with Gasteiger partial charge in [-0.3, -0.25) is 4.90 Å². The molecule has 0 aromatic carbocycles. The quantitative estimate of drug-likeness (QED) is 0.630. The van der Waals surface area contributed by atoms with Crippen molar-refractivity contribution in [3.63, 3.8) is 0 Å². The molecule has 0 aliphatic carbocycles. The molecule has 1 atom stereocenters. The fourth-order valence-corrected chi connectivity index (χ4v) is 2.97. The average molecular weight is 295 g/mol. The molecule has 1 fully saturated rings. The highest BCUT2D eigenvalue weighted by molar-refractivity contribution is 4.91. The van der Waals surface area contributed by atoms with Gasteiger partial charge in [0.1, 0.15) is 0 Å². The van der Waals surface area contributed by atoms with Crippen LogP contribution in [0.5, 0.6) is 0 Å². The van der Waals surface area contributed by atoms with Gasteiger partial charge in [0.05, 0.1) is 18.1 Å². The number of likely N-dealkylation sites (tertiary alicyclic amines) is 1. The number of hydrogen-bond acceptors (Lipinski definition) is 4. The van der Waals surface area contributed by atoms with Crippen molar-refractivity contribution in [2.24, 2.45) is 5.41 Å². The van der Waals surface area contributed by atoms with Crippen molar-refractivity contribution >= 4 is 0 Å². The van der Waals surface area contributed by atoms with Crippen LogP contribution >= 0.6 is 0 Å². The molecular weight excluding hydrogens is 262 g/mol. The van der Waals surface area contributed by atoms with Crippen LogP contribution in [-0.2, 0) is 4.74 Å². The summed E-state index contributed by atoms with van der Waals surface area (Å²) in [5.74, 6) is 0. The molecule has 0 aromatic heterocycles. The predicted molar refractivity (Wildman–Crippen MR) is 87.2 cm³/mol. The van der Waals surface area contributed by atoms with Crippen LogP contribution in [0.3, 0.4) is 0 Å². The zero-order valence-electron chi connectivity index (χ0n) is 14.2. The summed E-state index contributed by atoms with van der Waals surface area (Å²) in [4.78, 5) is 2.64. The molecule has 122 valence electrons. The Morgan fingerprint density at radius 3 is 2.86 bits per heavy atom. The van der Waals surface area contributed by atoms with Gasteiger partial charge in [-0.05, 0) is 52.6 Å². The number of piperidine rings is 1. The molecule has 1 unspecified atom stereocenters. The molecule has 1 aliphatic rings. The fourth-order valence-electron chi connectivity index (χ4n) is 2.97. The third-order valence-electron chi connectivity index (χ3n) is 4.41. The van der Waals surface area contributed by atoms with Crippen molar-refractivity contribution in [3.05, 3.63) is 0 Å². The third kappa shape index (κ3) is 7.80. The highest BCUT2D eigenvalue weighted by Crippen LogP contribution is 2.23. The minimum atomic E-state index is -0.164. The minimum absolute atomic E-state index is 0.164. The number of rotatable bonds is 10. The van der Waals surface area contributed by atoms with Crippen LogP contribution in [0, 0.1) is 16.7 Å². The van der Waals surface area contributed by atoms with Crippen molar-refractivity contribution in [1.29, 1.82) is 5.26 Å². The van der Waals surface area contributed by atoms with Crippen molar-refractivity contribution in [2.75, 3.05) is 39.9 Å². The molecule has 0 spiro atoms. The van der Waals surface area contributed by atoms with E-state index in [2.05, 4.69) is 16.3 Å². The van der Waals surface area contributed by atoms with Crippen molar-refractivity contribution in [1.82, 2.24) is 10.2 Å². The summed E-state index contributed by atoms with van der Waals surface area (Å²) in [5, 5.41) is 12.5. The largest absolute Gasteiger partial charge is 0.383 e. The summed E-state index contributed by atoms with van der Waals surface area (Å²) in [6.07, 6.45) is 7.37. The summed E-state index contributed by atoms with van der Waals surface area (Å²) in [6, 6.07) is 3.07. The Balaban J connectivity index is 2.22. The average Bonchev–Trinajstić information content (AvgIpc) is 2.49. The van der Waals surface area contributed by atoms with Gasteiger partial charge in [0.2, 0.25) is 0 Å². The lowest BCUT2D eigenvalue weighted by Crippen LogP contribution is -2.46. The summed E-state index contributed by atoms with van der Waals surface area (Å²) in [7, 11) is 1.75. The Kier molecular flexibility index (Phi) is 8.91. The van der Waals surface area contributed by atoms with E-state index >= 15 is 0 Å². The van der Waals surface area contributed by atoms with Crippen LogP contribution in [-0.4, -0.2) is 50.8 Å². The van der Waals surface area contributed by atoms with Crippen LogP contribution in [0.25, 0.3) is 0 Å². The van der Waals surface area contributed by atoms with E-state index in [4.69, 9.17) is 10.00 Å². The van der Waals surface area contributed by atoms with Gasteiger partial charge in [0.25, 0.3) is 0 Å². The van der Waals surface area contributed by atoms with Crippen molar-refractivity contribution in [3.8, 4) is 6.07 Å². The predicted octanol–water partition coefficient (Wildman–Crippen LogP) is 2.80. The zero-order chi connectivity index (χ0) is 15.6. The number of ether oxygens (including phenoxy) is 1. The second kappa shape index (κ2) is 10.2. The first-order valence-electron chi connectivity index (χ1n) is 8.44. The Hall–Kier alpha value is -0.630. The number of unbranched alkanes of at least 4 members (excludes halogenated alkanes) is 1. The SMILES string of the molecule is COCCNCC1CCCCN1CCCCC(C)(C)C#N. The van der Waals surface area contributed by atoms with E-state index in [-0.39, 0.29) is 5.41 Å². The monoisotopic (exact) mass is 295 g/mol. The highest BCUT2D eigenvalue weighted by Gasteiger charge is 2.22. The summed E-state index contributed by atoms with van der Waals surface area (Å²) in [6.45, 7) is 9.30. The Morgan fingerprint density at radius 2 is 2.14 bits per heavy atom. The molecule has 0 aromatic rings. The molecule has 1 rings (SSSR count). The van der Waals surface area contributed by atoms with Gasteiger partial charge in [0, 0.05) is 26.2 Å². The van der Waals surface area contributed by atoms with E-state index < -0.39 is 0 Å². The van der Waals surface area contributed by atoms with Crippen LogP contribution < -0.4 is 5.32 Å². The van der Waals surface area contributed by atoms with Crippen LogP contribution in [0.4, 0.5) is 0 Å². The molecule has 0 amide bonds. The van der Waals surface area contributed by atoms with E-state index in [1.54, 1.807) is 7.11 Å². The van der Waals surface area contributed by atoms with Gasteiger partial charge < -0.3 is 10.1 Å². The maximum atomic E-state index is 9.05. The van der Waals surface area contributed by atoms with Crippen molar-refractivity contribution < 1.29 is 4.74 Å². The topological polar surface area (TPSA) is 48.3 Å². The first kappa shape index (κ1) is 18.4. The molecule has 1 aliphatic heterocycles. The number of methoxy groups -OCH3 is 1. The number of hydrogen-bond donors (Lipinski definition) is 1. The third-order valence-corrected chi connectivity index (χ3v) is 4.41. The highest BCUT2D eigenvalue weighted by atomic mass is 16.5. The smallest absolute Gasteiger partial charge is 0.0683 e. The Labute approximate surface area is 130 Å². The lowest BCUT2D eigenvalue weighted by molar-refractivity contribution is 0.137. The Bertz CT molecular complexity index is 312. The van der Waals surface area contributed by atoms with E-state index in [0.29, 0.717) is 6.04 Å².